The van der Waals surface area contributed by atoms with Crippen molar-refractivity contribution in [3.8, 4) is 5.75 Å². The van der Waals surface area contributed by atoms with Crippen LogP contribution in [0.25, 0.3) is 0 Å². The molecule has 0 aliphatic heterocycles. The lowest BCUT2D eigenvalue weighted by molar-refractivity contribution is -0.0504. The highest BCUT2D eigenvalue weighted by atomic mass is 127. The van der Waals surface area contributed by atoms with Crippen molar-refractivity contribution in [1.82, 2.24) is 25.4 Å². The topological polar surface area (TPSA) is 76.4 Å². The molecule has 0 saturated heterocycles. The maximum atomic E-state index is 12.6. The minimum Gasteiger partial charge on any atom is -0.434 e. The van der Waals surface area contributed by atoms with Crippen molar-refractivity contribution in [2.45, 2.75) is 26.6 Å². The van der Waals surface area contributed by atoms with E-state index in [-0.39, 0.29) is 36.3 Å². The third-order valence-electron chi connectivity index (χ3n) is 3.66. The standard InChI is InChI=1S/C17H21ClF2N6O.HI/c1-4-7-21-17(23-10-15-25-24-11(2)26(15)3)22-9-12-8-13(18)5-6-14(12)27-16(19)20;/h4-6,8,16H,1,7,9-10H2,2-3H3,(H2,21,22,23);1H. The first kappa shape index (κ1) is 24.1. The second kappa shape index (κ2) is 11.8. The first-order chi connectivity index (χ1) is 12.9. The molecule has 0 aliphatic carbocycles. The molecule has 7 nitrogen and oxygen atoms in total. The molecule has 0 fully saturated rings. The molecular formula is C17H22ClF2IN6O. The van der Waals surface area contributed by atoms with Crippen molar-refractivity contribution >= 4 is 41.5 Å². The molecule has 0 bridgehead atoms. The van der Waals surface area contributed by atoms with Crippen LogP contribution in [0.15, 0.2) is 35.8 Å². The molecule has 0 spiro atoms. The fraction of sp³-hybridized carbons (Fsp3) is 0.353. The van der Waals surface area contributed by atoms with Gasteiger partial charge in [0.1, 0.15) is 11.6 Å². The van der Waals surface area contributed by atoms with Gasteiger partial charge >= 0.3 is 6.61 Å². The second-order valence-corrected chi connectivity index (χ2v) is 5.98. The summed E-state index contributed by atoms with van der Waals surface area (Å²) >= 11 is 5.96. The Labute approximate surface area is 184 Å². The Balaban J connectivity index is 0.00000392. The predicted octanol–water partition coefficient (Wildman–Crippen LogP) is 3.42. The van der Waals surface area contributed by atoms with Crippen LogP contribution < -0.4 is 15.4 Å². The largest absolute Gasteiger partial charge is 0.434 e. The highest BCUT2D eigenvalue weighted by molar-refractivity contribution is 14.0. The van der Waals surface area contributed by atoms with Gasteiger partial charge in [-0.25, -0.2) is 4.99 Å². The van der Waals surface area contributed by atoms with E-state index >= 15 is 0 Å². The van der Waals surface area contributed by atoms with Crippen LogP contribution in [0, 0.1) is 6.92 Å². The summed E-state index contributed by atoms with van der Waals surface area (Å²) in [7, 11) is 1.86. The van der Waals surface area contributed by atoms with E-state index in [0.29, 0.717) is 29.6 Å². The van der Waals surface area contributed by atoms with Gasteiger partial charge < -0.3 is 19.9 Å². The lowest BCUT2D eigenvalue weighted by Crippen LogP contribution is -2.37. The summed E-state index contributed by atoms with van der Waals surface area (Å²) in [6.45, 7) is 3.53. The number of aliphatic imine (C=N–C) groups is 1. The zero-order valence-electron chi connectivity index (χ0n) is 15.5. The molecule has 1 aromatic heterocycles. The summed E-state index contributed by atoms with van der Waals surface area (Å²) in [6, 6.07) is 4.42. The second-order valence-electron chi connectivity index (χ2n) is 5.54. The Morgan fingerprint density at radius 3 is 2.75 bits per heavy atom. The summed E-state index contributed by atoms with van der Waals surface area (Å²) in [5, 5.41) is 14.6. The van der Waals surface area contributed by atoms with E-state index in [4.69, 9.17) is 11.6 Å². The highest BCUT2D eigenvalue weighted by Crippen LogP contribution is 2.25. The molecule has 11 heteroatoms. The van der Waals surface area contributed by atoms with Crippen molar-refractivity contribution in [2.24, 2.45) is 12.0 Å². The first-order valence-corrected chi connectivity index (χ1v) is 8.49. The van der Waals surface area contributed by atoms with Crippen LogP contribution in [-0.2, 0) is 20.1 Å². The SMILES string of the molecule is C=CCNC(=NCc1cc(Cl)ccc1OC(F)F)NCc1nnc(C)n1C.I. The maximum Gasteiger partial charge on any atom is 0.387 e. The summed E-state index contributed by atoms with van der Waals surface area (Å²) < 4.78 is 31.5. The Morgan fingerprint density at radius 1 is 1.39 bits per heavy atom. The molecule has 0 atom stereocenters. The lowest BCUT2D eigenvalue weighted by atomic mass is 10.2. The zero-order chi connectivity index (χ0) is 19.8. The summed E-state index contributed by atoms with van der Waals surface area (Å²) in [4.78, 5) is 4.40. The van der Waals surface area contributed by atoms with Crippen LogP contribution in [0.2, 0.25) is 5.02 Å². The fourth-order valence-electron chi connectivity index (χ4n) is 2.16. The number of guanidine groups is 1. The van der Waals surface area contributed by atoms with Crippen LogP contribution in [0.5, 0.6) is 5.75 Å². The van der Waals surface area contributed by atoms with Crippen LogP contribution in [0.3, 0.4) is 0 Å². The molecule has 0 amide bonds. The number of halogens is 4. The summed E-state index contributed by atoms with van der Waals surface area (Å²) in [5.74, 6) is 2.01. The van der Waals surface area contributed by atoms with Crippen molar-refractivity contribution in [3.63, 3.8) is 0 Å². The molecule has 1 aromatic carbocycles. The number of aryl methyl sites for hydroxylation is 1. The van der Waals surface area contributed by atoms with E-state index in [0.717, 1.165) is 11.6 Å². The predicted molar refractivity (Wildman–Crippen MR) is 115 cm³/mol. The van der Waals surface area contributed by atoms with Crippen molar-refractivity contribution < 1.29 is 13.5 Å². The summed E-state index contributed by atoms with van der Waals surface area (Å²) in [6.07, 6.45) is 1.67. The molecule has 0 aliphatic rings. The molecule has 0 unspecified atom stereocenters. The van der Waals surface area contributed by atoms with E-state index < -0.39 is 6.61 Å². The average molecular weight is 527 g/mol. The van der Waals surface area contributed by atoms with E-state index in [9.17, 15) is 8.78 Å². The number of ether oxygens (including phenoxy) is 1. The lowest BCUT2D eigenvalue weighted by Gasteiger charge is -2.13. The number of alkyl halides is 2. The van der Waals surface area contributed by atoms with Crippen molar-refractivity contribution in [1.29, 1.82) is 0 Å². The van der Waals surface area contributed by atoms with E-state index in [1.165, 1.54) is 12.1 Å². The van der Waals surface area contributed by atoms with Crippen LogP contribution in [0.1, 0.15) is 17.2 Å². The van der Waals surface area contributed by atoms with Crippen molar-refractivity contribution in [2.75, 3.05) is 6.54 Å². The van der Waals surface area contributed by atoms with Gasteiger partial charge in [-0.15, -0.1) is 40.8 Å². The number of hydrogen-bond donors (Lipinski definition) is 2. The molecule has 2 aromatic rings. The Bertz CT molecular complexity index is 815. The maximum absolute atomic E-state index is 12.6. The number of benzene rings is 1. The van der Waals surface area contributed by atoms with E-state index in [1.807, 2.05) is 18.5 Å². The van der Waals surface area contributed by atoms with Gasteiger partial charge in [0.15, 0.2) is 11.8 Å². The molecule has 2 N–H and O–H groups in total. The molecular weight excluding hydrogens is 505 g/mol. The Hall–Kier alpha value is -1.95. The smallest absolute Gasteiger partial charge is 0.387 e. The minimum absolute atomic E-state index is 0. The average Bonchev–Trinajstić information content (AvgIpc) is 2.94. The third-order valence-corrected chi connectivity index (χ3v) is 3.89. The minimum atomic E-state index is -2.93. The Kier molecular flexibility index (Phi) is 10.1. The van der Waals surface area contributed by atoms with Crippen molar-refractivity contribution in [3.05, 3.63) is 53.1 Å². The normalized spacial score (nSPS) is 11.1. The van der Waals surface area contributed by atoms with E-state index in [1.54, 1.807) is 12.1 Å². The van der Waals surface area contributed by atoms with Crippen LogP contribution >= 0.6 is 35.6 Å². The van der Waals surface area contributed by atoms with Gasteiger partial charge in [-0.2, -0.15) is 8.78 Å². The van der Waals surface area contributed by atoms with Gasteiger partial charge in [0.2, 0.25) is 0 Å². The number of nitrogens with one attached hydrogen (secondary N) is 2. The number of aromatic nitrogens is 3. The quantitative estimate of drug-likeness (QED) is 0.239. The zero-order valence-corrected chi connectivity index (χ0v) is 18.5. The van der Waals surface area contributed by atoms with Gasteiger partial charge in [0.05, 0.1) is 13.1 Å². The van der Waals surface area contributed by atoms with Crippen LogP contribution in [-0.4, -0.2) is 33.9 Å². The molecule has 1 heterocycles. The van der Waals surface area contributed by atoms with Gasteiger partial charge in [-0.1, -0.05) is 17.7 Å². The Morgan fingerprint density at radius 2 is 2.14 bits per heavy atom. The van der Waals surface area contributed by atoms with E-state index in [2.05, 4.69) is 37.1 Å². The fourth-order valence-corrected chi connectivity index (χ4v) is 2.35. The van der Waals surface area contributed by atoms with Gasteiger partial charge in [-0.05, 0) is 25.1 Å². The first-order valence-electron chi connectivity index (χ1n) is 8.12. The third kappa shape index (κ3) is 7.23. The van der Waals surface area contributed by atoms with Gasteiger partial charge in [0, 0.05) is 24.2 Å². The number of nitrogens with zero attached hydrogens (tertiary/aromatic N) is 4. The molecule has 28 heavy (non-hydrogen) atoms. The summed E-state index contributed by atoms with van der Waals surface area (Å²) in [5.41, 5.74) is 0.442. The molecule has 2 rings (SSSR count). The monoisotopic (exact) mass is 526 g/mol. The molecule has 0 radical (unpaired) electrons. The highest BCUT2D eigenvalue weighted by Gasteiger charge is 2.11. The molecule has 154 valence electrons. The number of rotatable bonds is 8. The van der Waals surface area contributed by atoms with Crippen LogP contribution in [0.4, 0.5) is 8.78 Å². The number of hydrogen-bond acceptors (Lipinski definition) is 4. The van der Waals surface area contributed by atoms with Gasteiger partial charge in [-0.3, -0.25) is 0 Å². The van der Waals surface area contributed by atoms with Gasteiger partial charge in [0.25, 0.3) is 0 Å². The molecule has 0 saturated carbocycles.